The van der Waals surface area contributed by atoms with E-state index in [0.717, 1.165) is 24.2 Å². The highest BCUT2D eigenvalue weighted by atomic mass is 15.1. The van der Waals surface area contributed by atoms with Gasteiger partial charge in [0, 0.05) is 66.0 Å². The Hall–Kier alpha value is -6.84. The molecule has 3 heteroatoms. The lowest BCUT2D eigenvalue weighted by molar-refractivity contribution is 0.444. The molecule has 0 saturated carbocycles. The zero-order valence-electron chi connectivity index (χ0n) is 31.3. The average Bonchev–Trinajstić information content (AvgIpc) is 3.80. The Kier molecular flexibility index (Phi) is 7.50. The van der Waals surface area contributed by atoms with E-state index in [1.807, 2.05) is 0 Å². The van der Waals surface area contributed by atoms with E-state index in [2.05, 4.69) is 210 Å². The number of nitrogens with one attached hydrogen (secondary N) is 2. The number of para-hydroxylation sites is 2. The minimum Gasteiger partial charge on any atom is -0.355 e. The molecule has 0 spiro atoms. The van der Waals surface area contributed by atoms with Crippen LogP contribution in [0, 0.1) is 0 Å². The fourth-order valence-electron chi connectivity index (χ4n) is 9.48. The molecule has 2 aliphatic rings. The Balaban J connectivity index is 1.05. The molecule has 0 bridgehead atoms. The molecular weight excluding hydrogens is 679 g/mol. The molecule has 2 heterocycles. The third-order valence-corrected chi connectivity index (χ3v) is 12.2. The van der Waals surface area contributed by atoms with Crippen LogP contribution in [-0.4, -0.2) is 9.55 Å². The van der Waals surface area contributed by atoms with Gasteiger partial charge in [0.1, 0.15) is 0 Å². The highest BCUT2D eigenvalue weighted by Crippen LogP contribution is 2.43. The molecule has 2 N–H and O–H groups in total. The maximum absolute atomic E-state index is 3.90. The molecule has 2 aromatic heterocycles. The molecule has 2 aliphatic carbocycles. The van der Waals surface area contributed by atoms with Gasteiger partial charge >= 0.3 is 0 Å². The van der Waals surface area contributed by atoms with Gasteiger partial charge in [0.05, 0.1) is 5.54 Å². The number of fused-ring (bicyclic) bond motifs is 7. The van der Waals surface area contributed by atoms with Gasteiger partial charge < -0.3 is 14.9 Å². The lowest BCUT2D eigenvalue weighted by atomic mass is 9.84. The summed E-state index contributed by atoms with van der Waals surface area (Å²) in [6.45, 7) is 2.38. The van der Waals surface area contributed by atoms with Gasteiger partial charge in [0.2, 0.25) is 0 Å². The van der Waals surface area contributed by atoms with Crippen LogP contribution in [0.3, 0.4) is 0 Å². The molecule has 0 amide bonds. The number of anilines is 2. The Morgan fingerprint density at radius 3 is 2.27 bits per heavy atom. The zero-order chi connectivity index (χ0) is 37.2. The van der Waals surface area contributed by atoms with Crippen LogP contribution in [0.4, 0.5) is 11.4 Å². The SMILES string of the molecule is CC1(n2c3ccccc3c3cc(-c4ccc(Nc5cccc6ccccc56)c(C5C=c6c([nH]c7ccccc67)=CC5)c4)ccc32)C=CC=C(c2ccccc2)C1. The molecule has 3 nitrogen and oxygen atoms in total. The van der Waals surface area contributed by atoms with Crippen LogP contribution in [0.15, 0.2) is 176 Å². The van der Waals surface area contributed by atoms with Crippen LogP contribution < -0.4 is 15.9 Å². The van der Waals surface area contributed by atoms with E-state index >= 15 is 0 Å². The van der Waals surface area contributed by atoms with Crippen molar-refractivity contribution in [3.05, 3.63) is 198 Å². The van der Waals surface area contributed by atoms with Gasteiger partial charge in [-0.2, -0.15) is 0 Å². The summed E-state index contributed by atoms with van der Waals surface area (Å²) in [5.74, 6) is 0.203. The van der Waals surface area contributed by atoms with Crippen molar-refractivity contribution in [2.45, 2.75) is 31.2 Å². The van der Waals surface area contributed by atoms with Crippen molar-refractivity contribution >= 4 is 72.6 Å². The molecule has 0 fully saturated rings. The summed E-state index contributed by atoms with van der Waals surface area (Å²) in [4.78, 5) is 3.66. The van der Waals surface area contributed by atoms with Gasteiger partial charge in [-0.25, -0.2) is 0 Å². The van der Waals surface area contributed by atoms with E-state index in [-0.39, 0.29) is 11.5 Å². The number of hydrogen-bond acceptors (Lipinski definition) is 1. The van der Waals surface area contributed by atoms with Crippen molar-refractivity contribution < 1.29 is 0 Å². The van der Waals surface area contributed by atoms with Crippen LogP contribution in [0.25, 0.3) is 72.3 Å². The number of rotatable bonds is 6. The van der Waals surface area contributed by atoms with E-state index in [4.69, 9.17) is 0 Å². The number of nitrogens with zero attached hydrogens (tertiary/aromatic N) is 1. The number of hydrogen-bond donors (Lipinski definition) is 2. The van der Waals surface area contributed by atoms with Gasteiger partial charge in [0.15, 0.2) is 0 Å². The standard InChI is InChI=1S/C53H41N3/c1-53(30-12-17-40(34-53)35-13-3-2-4-14-35)56-51-23-10-8-20-43(51)46-32-38(26-29-52(46)56)37-24-27-49(54-47-22-11-16-36-15-5-6-18-41(36)47)44(31-37)39-25-28-50-45(33-39)42-19-7-9-21-48(42)55-50/h2-24,26-33,39,54-55H,25,34H2,1H3. The predicted octanol–water partition coefficient (Wildman–Crippen LogP) is 12.3. The third-order valence-electron chi connectivity index (χ3n) is 12.2. The molecular formula is C53H41N3. The summed E-state index contributed by atoms with van der Waals surface area (Å²) in [6, 6.07) is 57.7. The van der Waals surface area contributed by atoms with E-state index in [9.17, 15) is 0 Å². The number of aromatic amines is 1. The van der Waals surface area contributed by atoms with Gasteiger partial charge in [-0.1, -0.05) is 146 Å². The van der Waals surface area contributed by atoms with Gasteiger partial charge in [-0.3, -0.25) is 0 Å². The monoisotopic (exact) mass is 719 g/mol. The quantitative estimate of drug-likeness (QED) is 0.176. The highest BCUT2D eigenvalue weighted by molar-refractivity contribution is 6.10. The first kappa shape index (κ1) is 32.6. The molecule has 268 valence electrons. The molecule has 11 rings (SSSR count). The highest BCUT2D eigenvalue weighted by Gasteiger charge is 2.31. The van der Waals surface area contributed by atoms with Crippen molar-refractivity contribution in [2.24, 2.45) is 0 Å². The first-order valence-electron chi connectivity index (χ1n) is 19.8. The van der Waals surface area contributed by atoms with E-state index < -0.39 is 0 Å². The number of H-pyrrole nitrogens is 1. The molecule has 7 aromatic carbocycles. The number of aromatic nitrogens is 2. The maximum atomic E-state index is 3.90. The molecule has 0 aliphatic heterocycles. The summed E-state index contributed by atoms with van der Waals surface area (Å²) in [7, 11) is 0. The molecule has 2 unspecified atom stereocenters. The van der Waals surface area contributed by atoms with Crippen LogP contribution in [-0.2, 0) is 5.54 Å². The second kappa shape index (κ2) is 12.9. The van der Waals surface area contributed by atoms with Gasteiger partial charge in [0.25, 0.3) is 0 Å². The molecule has 0 saturated heterocycles. The largest absolute Gasteiger partial charge is 0.355 e. The first-order chi connectivity index (χ1) is 27.6. The fourth-order valence-corrected chi connectivity index (χ4v) is 9.48. The summed E-state index contributed by atoms with van der Waals surface area (Å²) in [6.07, 6.45) is 13.6. The van der Waals surface area contributed by atoms with Crippen molar-refractivity contribution in [1.82, 2.24) is 9.55 Å². The summed E-state index contributed by atoms with van der Waals surface area (Å²) in [5.41, 5.74) is 12.1. The van der Waals surface area contributed by atoms with Crippen LogP contribution in [0.2, 0.25) is 0 Å². The minimum absolute atomic E-state index is 0.203. The summed E-state index contributed by atoms with van der Waals surface area (Å²) >= 11 is 0. The van der Waals surface area contributed by atoms with Gasteiger partial charge in [-0.15, -0.1) is 0 Å². The van der Waals surface area contributed by atoms with Crippen molar-refractivity contribution in [3.8, 4) is 11.1 Å². The number of allylic oxidation sites excluding steroid dienone is 4. The molecule has 56 heavy (non-hydrogen) atoms. The maximum Gasteiger partial charge on any atom is 0.0649 e. The second-order valence-electron chi connectivity index (χ2n) is 15.7. The Morgan fingerprint density at radius 2 is 1.36 bits per heavy atom. The summed E-state index contributed by atoms with van der Waals surface area (Å²) < 4.78 is 2.57. The third kappa shape index (κ3) is 5.34. The molecule has 0 radical (unpaired) electrons. The van der Waals surface area contributed by atoms with Crippen LogP contribution in [0.1, 0.15) is 36.8 Å². The Bertz CT molecular complexity index is 3190. The van der Waals surface area contributed by atoms with Crippen molar-refractivity contribution in [3.63, 3.8) is 0 Å². The van der Waals surface area contributed by atoms with Crippen LogP contribution >= 0.6 is 0 Å². The lowest BCUT2D eigenvalue weighted by Crippen LogP contribution is -2.29. The lowest BCUT2D eigenvalue weighted by Gasteiger charge is -2.33. The number of benzene rings is 7. The topological polar surface area (TPSA) is 32.8 Å². The normalized spacial score (nSPS) is 17.8. The van der Waals surface area contributed by atoms with E-state index in [0.29, 0.717) is 0 Å². The summed E-state index contributed by atoms with van der Waals surface area (Å²) in [5, 5.41) is 12.7. The first-order valence-corrected chi connectivity index (χ1v) is 19.8. The van der Waals surface area contributed by atoms with E-state index in [1.165, 1.54) is 81.9 Å². The van der Waals surface area contributed by atoms with Gasteiger partial charge in [-0.05, 0) is 95.4 Å². The zero-order valence-corrected chi connectivity index (χ0v) is 31.3. The predicted molar refractivity (Wildman–Crippen MR) is 238 cm³/mol. The smallest absolute Gasteiger partial charge is 0.0649 e. The van der Waals surface area contributed by atoms with Crippen molar-refractivity contribution in [2.75, 3.05) is 5.32 Å². The van der Waals surface area contributed by atoms with Crippen molar-refractivity contribution in [1.29, 1.82) is 0 Å². The Labute approximate surface area is 326 Å². The van der Waals surface area contributed by atoms with Crippen LogP contribution in [0.5, 0.6) is 0 Å². The molecule has 9 aromatic rings. The fraction of sp³-hybridized carbons (Fsp3) is 0.0943. The molecule has 2 atom stereocenters. The van der Waals surface area contributed by atoms with E-state index in [1.54, 1.807) is 0 Å². The Morgan fingerprint density at radius 1 is 0.625 bits per heavy atom. The minimum atomic E-state index is -0.223. The second-order valence-corrected chi connectivity index (χ2v) is 15.7. The average molecular weight is 720 g/mol.